The number of urea groups is 1. The molecule has 0 aromatic carbocycles. The van der Waals surface area contributed by atoms with E-state index in [0.29, 0.717) is 5.92 Å². The smallest absolute Gasteiger partial charge is 0.317 e. The number of thioether (sulfide) groups is 1. The Morgan fingerprint density at radius 1 is 1.22 bits per heavy atom. The lowest BCUT2D eigenvalue weighted by Gasteiger charge is -2.33. The van der Waals surface area contributed by atoms with Crippen LogP contribution in [0.5, 0.6) is 0 Å². The van der Waals surface area contributed by atoms with Crippen LogP contribution < -0.4 is 5.32 Å². The summed E-state index contributed by atoms with van der Waals surface area (Å²) in [4.78, 5) is 14.2. The van der Waals surface area contributed by atoms with Gasteiger partial charge in [-0.05, 0) is 55.9 Å². The molecule has 3 rings (SSSR count). The topological polar surface area (TPSA) is 50.8 Å². The summed E-state index contributed by atoms with van der Waals surface area (Å²) in [5, 5.41) is 3.11. The lowest BCUT2D eigenvalue weighted by molar-refractivity contribution is -0.0728. The van der Waals surface area contributed by atoms with Gasteiger partial charge in [-0.3, -0.25) is 0 Å². The molecule has 0 unspecified atom stereocenters. The van der Waals surface area contributed by atoms with Crippen LogP contribution in [0.1, 0.15) is 38.5 Å². The first-order valence-electron chi connectivity index (χ1n) is 9.15. The number of rotatable bonds is 5. The van der Waals surface area contributed by atoms with Gasteiger partial charge in [0.1, 0.15) is 0 Å². The van der Waals surface area contributed by atoms with Gasteiger partial charge in [0.2, 0.25) is 0 Å². The molecule has 0 spiro atoms. The van der Waals surface area contributed by atoms with E-state index in [1.54, 1.807) is 0 Å². The Kier molecular flexibility index (Phi) is 6.90. The Bertz CT molecular complexity index is 363. The molecule has 2 amide bonds. The molecule has 3 aliphatic heterocycles. The number of hydrogen-bond donors (Lipinski definition) is 1. The fourth-order valence-electron chi connectivity index (χ4n) is 3.50. The molecular weight excluding hydrogens is 312 g/mol. The number of nitrogens with zero attached hydrogens (tertiary/aromatic N) is 1. The van der Waals surface area contributed by atoms with Crippen molar-refractivity contribution in [2.45, 2.75) is 50.7 Å². The molecule has 1 N–H and O–H groups in total. The summed E-state index contributed by atoms with van der Waals surface area (Å²) < 4.78 is 11.7. The van der Waals surface area contributed by atoms with Crippen molar-refractivity contribution >= 4 is 17.8 Å². The van der Waals surface area contributed by atoms with Crippen LogP contribution in [0.3, 0.4) is 0 Å². The van der Waals surface area contributed by atoms with Gasteiger partial charge in [-0.15, -0.1) is 0 Å². The highest BCUT2D eigenvalue weighted by atomic mass is 32.2. The Hall–Kier alpha value is -0.460. The van der Waals surface area contributed by atoms with Crippen LogP contribution in [0.4, 0.5) is 4.79 Å². The van der Waals surface area contributed by atoms with E-state index in [-0.39, 0.29) is 18.2 Å². The second-order valence-electron chi connectivity index (χ2n) is 6.92. The Labute approximate surface area is 143 Å². The highest BCUT2D eigenvalue weighted by Crippen LogP contribution is 2.23. The molecule has 0 bridgehead atoms. The van der Waals surface area contributed by atoms with Crippen molar-refractivity contribution in [1.82, 2.24) is 10.2 Å². The SMILES string of the molecule is O=C(NC[C@H]1CCSC1)N1CCC(OC[C@@H]2CCCCO2)CC1. The largest absolute Gasteiger partial charge is 0.376 e. The van der Waals surface area contributed by atoms with Crippen LogP contribution in [-0.4, -0.2) is 67.5 Å². The first-order chi connectivity index (χ1) is 11.3. The molecule has 5 nitrogen and oxygen atoms in total. The van der Waals surface area contributed by atoms with Crippen molar-refractivity contribution in [3.05, 3.63) is 0 Å². The number of amides is 2. The minimum atomic E-state index is 0.107. The van der Waals surface area contributed by atoms with Gasteiger partial charge in [-0.1, -0.05) is 0 Å². The summed E-state index contributed by atoms with van der Waals surface area (Å²) in [5.41, 5.74) is 0. The van der Waals surface area contributed by atoms with Crippen LogP contribution in [0.25, 0.3) is 0 Å². The van der Waals surface area contributed by atoms with Crippen molar-refractivity contribution in [1.29, 1.82) is 0 Å². The zero-order valence-electron chi connectivity index (χ0n) is 14.0. The Morgan fingerprint density at radius 2 is 2.09 bits per heavy atom. The fraction of sp³-hybridized carbons (Fsp3) is 0.941. The molecular formula is C17H30N2O3S. The van der Waals surface area contributed by atoms with Gasteiger partial charge in [0.05, 0.1) is 18.8 Å². The van der Waals surface area contributed by atoms with E-state index in [2.05, 4.69) is 5.32 Å². The summed E-state index contributed by atoms with van der Waals surface area (Å²) in [7, 11) is 0. The zero-order chi connectivity index (χ0) is 15.9. The normalized spacial score (nSPS) is 29.7. The van der Waals surface area contributed by atoms with Crippen molar-refractivity contribution < 1.29 is 14.3 Å². The standard InChI is InChI=1S/C17H30N2O3S/c20-17(18-11-14-6-10-23-13-14)19-7-4-15(5-8-19)22-12-16-3-1-2-9-21-16/h14-16H,1-13H2,(H,18,20)/t14-,16+/m1/s1. The molecule has 0 radical (unpaired) electrons. The summed E-state index contributed by atoms with van der Waals surface area (Å²) in [5.74, 6) is 3.10. The van der Waals surface area contributed by atoms with Gasteiger partial charge in [0.15, 0.2) is 0 Å². The minimum Gasteiger partial charge on any atom is -0.376 e. The maximum absolute atomic E-state index is 12.2. The number of piperidine rings is 1. The second kappa shape index (κ2) is 9.14. The van der Waals surface area contributed by atoms with Gasteiger partial charge in [-0.2, -0.15) is 11.8 Å². The summed E-state index contributed by atoms with van der Waals surface area (Å²) in [6.07, 6.45) is 7.27. The lowest BCUT2D eigenvalue weighted by atomic mass is 10.1. The maximum atomic E-state index is 12.2. The summed E-state index contributed by atoms with van der Waals surface area (Å²) in [6.45, 7) is 4.05. The minimum absolute atomic E-state index is 0.107. The first kappa shape index (κ1) is 17.4. The van der Waals surface area contributed by atoms with E-state index in [1.165, 1.54) is 30.8 Å². The molecule has 3 aliphatic rings. The van der Waals surface area contributed by atoms with Crippen molar-refractivity contribution in [3.63, 3.8) is 0 Å². The predicted molar refractivity (Wildman–Crippen MR) is 93.0 cm³/mol. The maximum Gasteiger partial charge on any atom is 0.317 e. The predicted octanol–water partition coefficient (Wildman–Crippen LogP) is 2.50. The number of ether oxygens (including phenoxy) is 2. The van der Waals surface area contributed by atoms with Crippen LogP contribution in [-0.2, 0) is 9.47 Å². The average molecular weight is 343 g/mol. The average Bonchev–Trinajstić information content (AvgIpc) is 3.13. The van der Waals surface area contributed by atoms with Crippen molar-refractivity contribution in [2.75, 3.05) is 44.4 Å². The van der Waals surface area contributed by atoms with Crippen LogP contribution in [0.15, 0.2) is 0 Å². The highest BCUT2D eigenvalue weighted by Gasteiger charge is 2.25. The summed E-state index contributed by atoms with van der Waals surface area (Å²) >= 11 is 2.00. The molecule has 0 aliphatic carbocycles. The van der Waals surface area contributed by atoms with Crippen LogP contribution in [0.2, 0.25) is 0 Å². The number of carbonyl (C=O) groups is 1. The molecule has 6 heteroatoms. The van der Waals surface area contributed by atoms with Gasteiger partial charge >= 0.3 is 6.03 Å². The van der Waals surface area contributed by atoms with Gasteiger partial charge in [-0.25, -0.2) is 4.79 Å². The molecule has 132 valence electrons. The number of nitrogens with one attached hydrogen (secondary N) is 1. The van der Waals surface area contributed by atoms with Gasteiger partial charge in [0.25, 0.3) is 0 Å². The first-order valence-corrected chi connectivity index (χ1v) is 10.3. The number of likely N-dealkylation sites (tertiary alicyclic amines) is 1. The summed E-state index contributed by atoms with van der Waals surface area (Å²) in [6, 6.07) is 0.107. The van der Waals surface area contributed by atoms with E-state index in [9.17, 15) is 4.79 Å². The van der Waals surface area contributed by atoms with Gasteiger partial charge in [0, 0.05) is 26.2 Å². The molecule has 3 fully saturated rings. The molecule has 2 atom stereocenters. The van der Waals surface area contributed by atoms with Crippen LogP contribution >= 0.6 is 11.8 Å². The second-order valence-corrected chi connectivity index (χ2v) is 8.07. The third kappa shape index (κ3) is 5.54. The van der Waals surface area contributed by atoms with E-state index in [1.807, 2.05) is 16.7 Å². The number of hydrogen-bond acceptors (Lipinski definition) is 4. The molecule has 3 heterocycles. The Morgan fingerprint density at radius 3 is 2.78 bits per heavy atom. The monoisotopic (exact) mass is 342 g/mol. The molecule has 3 saturated heterocycles. The van der Waals surface area contributed by atoms with Gasteiger partial charge < -0.3 is 19.7 Å². The molecule has 0 aromatic rings. The quantitative estimate of drug-likeness (QED) is 0.834. The van der Waals surface area contributed by atoms with Crippen molar-refractivity contribution in [2.24, 2.45) is 5.92 Å². The third-order valence-corrected chi connectivity index (χ3v) is 6.32. The van der Waals surface area contributed by atoms with E-state index in [0.717, 1.165) is 52.1 Å². The molecule has 0 saturated carbocycles. The molecule has 23 heavy (non-hydrogen) atoms. The fourth-order valence-corrected chi connectivity index (χ4v) is 4.78. The number of carbonyl (C=O) groups excluding carboxylic acids is 1. The van der Waals surface area contributed by atoms with Crippen molar-refractivity contribution in [3.8, 4) is 0 Å². The Balaban J connectivity index is 1.29. The van der Waals surface area contributed by atoms with E-state index < -0.39 is 0 Å². The van der Waals surface area contributed by atoms with Crippen LogP contribution in [0, 0.1) is 5.92 Å². The highest BCUT2D eigenvalue weighted by molar-refractivity contribution is 7.99. The lowest BCUT2D eigenvalue weighted by Crippen LogP contribution is -2.47. The van der Waals surface area contributed by atoms with E-state index in [4.69, 9.17) is 9.47 Å². The van der Waals surface area contributed by atoms with E-state index >= 15 is 0 Å². The zero-order valence-corrected chi connectivity index (χ0v) is 14.8. The third-order valence-electron chi connectivity index (χ3n) is 5.09. The molecule has 0 aromatic heterocycles.